The number of para-hydroxylation sites is 1. The number of nitrogens with one attached hydrogen (secondary N) is 2. The summed E-state index contributed by atoms with van der Waals surface area (Å²) >= 11 is 0. The van der Waals surface area contributed by atoms with Gasteiger partial charge in [0.1, 0.15) is 17.5 Å². The van der Waals surface area contributed by atoms with Crippen molar-refractivity contribution in [3.63, 3.8) is 0 Å². The fourth-order valence-corrected chi connectivity index (χ4v) is 4.38. The highest BCUT2D eigenvalue weighted by molar-refractivity contribution is 5.93. The molecule has 2 N–H and O–H groups in total. The highest BCUT2D eigenvalue weighted by Crippen LogP contribution is 2.31. The molecule has 0 saturated heterocycles. The molecule has 3 aromatic rings. The number of carbonyl (C=O) groups is 2. The van der Waals surface area contributed by atoms with Crippen LogP contribution < -0.4 is 15.4 Å². The van der Waals surface area contributed by atoms with Gasteiger partial charge in [-0.05, 0) is 69.1 Å². The molecule has 1 fully saturated rings. The van der Waals surface area contributed by atoms with E-state index in [0.717, 1.165) is 42.7 Å². The van der Waals surface area contributed by atoms with Gasteiger partial charge in [0.15, 0.2) is 0 Å². The second-order valence-corrected chi connectivity index (χ2v) is 8.59. The van der Waals surface area contributed by atoms with Gasteiger partial charge in [0.2, 0.25) is 5.91 Å². The molecule has 2 atom stereocenters. The Morgan fingerprint density at radius 1 is 0.970 bits per heavy atom. The fourth-order valence-electron chi connectivity index (χ4n) is 4.38. The standard InChI is InChI=1S/C27H31N3O3/c1-19(28-2)26(31)29-25(20-10-6-7-11-20)27(32)30-17-9-16-24(30)21-12-8-15-23(18-21)33-22-13-4-3-5-14-22/h3-5,8-9,12-20,25,28H,6-7,10-11H2,1-2H3,(H,29,31)/t19-,25-/m0/s1. The Morgan fingerprint density at radius 2 is 1.70 bits per heavy atom. The number of nitrogens with zero attached hydrogens (tertiary/aromatic N) is 1. The van der Waals surface area contributed by atoms with Crippen LogP contribution in [-0.2, 0) is 4.79 Å². The first-order chi connectivity index (χ1) is 16.1. The lowest BCUT2D eigenvalue weighted by Crippen LogP contribution is -2.52. The molecule has 172 valence electrons. The smallest absolute Gasteiger partial charge is 0.253 e. The van der Waals surface area contributed by atoms with Crippen LogP contribution in [0.25, 0.3) is 11.3 Å². The third-order valence-electron chi connectivity index (χ3n) is 6.36. The van der Waals surface area contributed by atoms with Crippen molar-refractivity contribution in [1.29, 1.82) is 0 Å². The fraction of sp³-hybridized carbons (Fsp3) is 0.333. The van der Waals surface area contributed by atoms with E-state index in [4.69, 9.17) is 4.74 Å². The van der Waals surface area contributed by atoms with Crippen LogP contribution in [0.5, 0.6) is 11.5 Å². The maximum atomic E-state index is 13.7. The van der Waals surface area contributed by atoms with Gasteiger partial charge in [-0.25, -0.2) is 0 Å². The van der Waals surface area contributed by atoms with Gasteiger partial charge < -0.3 is 15.4 Å². The zero-order chi connectivity index (χ0) is 23.2. The van der Waals surface area contributed by atoms with Crippen LogP contribution in [0, 0.1) is 5.92 Å². The molecule has 4 rings (SSSR count). The summed E-state index contributed by atoms with van der Waals surface area (Å²) in [6.45, 7) is 1.80. The van der Waals surface area contributed by atoms with E-state index in [9.17, 15) is 9.59 Å². The zero-order valence-electron chi connectivity index (χ0n) is 19.2. The summed E-state index contributed by atoms with van der Waals surface area (Å²) in [4.78, 5) is 26.3. The quantitative estimate of drug-likeness (QED) is 0.519. The van der Waals surface area contributed by atoms with Crippen LogP contribution in [0.15, 0.2) is 72.9 Å². The average molecular weight is 446 g/mol. The first kappa shape index (κ1) is 22.8. The van der Waals surface area contributed by atoms with Gasteiger partial charge in [0.25, 0.3) is 5.91 Å². The van der Waals surface area contributed by atoms with Gasteiger partial charge in [-0.1, -0.05) is 43.2 Å². The summed E-state index contributed by atoms with van der Waals surface area (Å²) < 4.78 is 7.64. The van der Waals surface area contributed by atoms with E-state index in [0.29, 0.717) is 5.75 Å². The van der Waals surface area contributed by atoms with Crippen LogP contribution in [0.1, 0.15) is 37.4 Å². The number of aromatic nitrogens is 1. The van der Waals surface area contributed by atoms with E-state index in [2.05, 4.69) is 10.6 Å². The van der Waals surface area contributed by atoms with Crippen molar-refractivity contribution < 1.29 is 14.3 Å². The Balaban J connectivity index is 1.60. The number of amides is 1. The highest BCUT2D eigenvalue weighted by Gasteiger charge is 2.34. The van der Waals surface area contributed by atoms with Gasteiger partial charge >= 0.3 is 0 Å². The summed E-state index contributed by atoms with van der Waals surface area (Å²) in [7, 11) is 1.74. The highest BCUT2D eigenvalue weighted by atomic mass is 16.5. The van der Waals surface area contributed by atoms with Gasteiger partial charge in [0.05, 0.1) is 11.7 Å². The Kier molecular flexibility index (Phi) is 7.25. The number of benzene rings is 2. The van der Waals surface area contributed by atoms with Gasteiger partial charge in [0, 0.05) is 11.8 Å². The lowest BCUT2D eigenvalue weighted by Gasteiger charge is -2.26. The van der Waals surface area contributed by atoms with Gasteiger partial charge in [-0.2, -0.15) is 0 Å². The molecule has 0 unspecified atom stereocenters. The minimum atomic E-state index is -0.550. The Labute approximate surface area is 195 Å². The van der Waals surface area contributed by atoms with Crippen LogP contribution in [0.2, 0.25) is 0 Å². The second kappa shape index (κ2) is 10.5. The van der Waals surface area contributed by atoms with Gasteiger partial charge in [-0.15, -0.1) is 0 Å². The molecule has 1 aliphatic carbocycles. The minimum Gasteiger partial charge on any atom is -0.457 e. The SMILES string of the molecule is CN[C@@H](C)C(=O)N[C@H](C(=O)n1cccc1-c1cccc(Oc2ccccc2)c1)C1CCCC1. The van der Waals surface area contributed by atoms with Crippen molar-refractivity contribution in [3.8, 4) is 22.8 Å². The maximum absolute atomic E-state index is 13.7. The first-order valence-corrected chi connectivity index (χ1v) is 11.6. The molecule has 1 heterocycles. The summed E-state index contributed by atoms with van der Waals surface area (Å²) in [5.41, 5.74) is 1.65. The molecule has 0 bridgehead atoms. The molecule has 2 aromatic carbocycles. The zero-order valence-corrected chi connectivity index (χ0v) is 19.2. The number of rotatable bonds is 8. The summed E-state index contributed by atoms with van der Waals surface area (Å²) in [5.74, 6) is 1.34. The van der Waals surface area contributed by atoms with Crippen molar-refractivity contribution >= 4 is 11.8 Å². The molecule has 6 heteroatoms. The largest absolute Gasteiger partial charge is 0.457 e. The molecule has 6 nitrogen and oxygen atoms in total. The topological polar surface area (TPSA) is 72.4 Å². The molecule has 0 radical (unpaired) electrons. The molecule has 0 spiro atoms. The van der Waals surface area contributed by atoms with Gasteiger partial charge in [-0.3, -0.25) is 14.2 Å². The number of ether oxygens (including phenoxy) is 1. The van der Waals surface area contributed by atoms with E-state index in [-0.39, 0.29) is 23.8 Å². The average Bonchev–Trinajstić information content (AvgIpc) is 3.55. The molecular weight excluding hydrogens is 414 g/mol. The number of hydrogen-bond acceptors (Lipinski definition) is 4. The predicted octanol–water partition coefficient (Wildman–Crippen LogP) is 4.87. The lowest BCUT2D eigenvalue weighted by molar-refractivity contribution is -0.123. The molecule has 0 aliphatic heterocycles. The lowest BCUT2D eigenvalue weighted by atomic mass is 9.96. The van der Waals surface area contributed by atoms with Crippen LogP contribution in [0.3, 0.4) is 0 Å². The second-order valence-electron chi connectivity index (χ2n) is 8.59. The van der Waals surface area contributed by atoms with E-state index < -0.39 is 6.04 Å². The van der Waals surface area contributed by atoms with Crippen molar-refractivity contribution in [1.82, 2.24) is 15.2 Å². The van der Waals surface area contributed by atoms with E-state index in [1.165, 1.54) is 0 Å². The van der Waals surface area contributed by atoms with Crippen molar-refractivity contribution in [2.45, 2.75) is 44.7 Å². The third-order valence-corrected chi connectivity index (χ3v) is 6.36. The Morgan fingerprint density at radius 3 is 2.42 bits per heavy atom. The van der Waals surface area contributed by atoms with Crippen LogP contribution >= 0.6 is 0 Å². The summed E-state index contributed by atoms with van der Waals surface area (Å²) in [6.07, 6.45) is 5.84. The molecule has 1 aromatic heterocycles. The number of carbonyl (C=O) groups excluding carboxylic acids is 2. The first-order valence-electron chi connectivity index (χ1n) is 11.6. The molecule has 1 saturated carbocycles. The van der Waals surface area contributed by atoms with Crippen molar-refractivity contribution in [2.75, 3.05) is 7.05 Å². The van der Waals surface area contributed by atoms with Crippen LogP contribution in [-0.4, -0.2) is 35.5 Å². The molecule has 1 aliphatic rings. The van der Waals surface area contributed by atoms with E-state index >= 15 is 0 Å². The number of likely N-dealkylation sites (N-methyl/N-ethyl adjacent to an activating group) is 1. The Hall–Kier alpha value is -3.38. The molecule has 33 heavy (non-hydrogen) atoms. The summed E-state index contributed by atoms with van der Waals surface area (Å²) in [5, 5.41) is 5.98. The molecular formula is C27H31N3O3. The Bertz CT molecular complexity index is 1090. The van der Waals surface area contributed by atoms with E-state index in [1.54, 1.807) is 24.7 Å². The van der Waals surface area contributed by atoms with Crippen LogP contribution in [0.4, 0.5) is 0 Å². The monoisotopic (exact) mass is 445 g/mol. The van der Waals surface area contributed by atoms with Crippen molar-refractivity contribution in [3.05, 3.63) is 72.9 Å². The minimum absolute atomic E-state index is 0.104. The predicted molar refractivity (Wildman–Crippen MR) is 129 cm³/mol. The summed E-state index contributed by atoms with van der Waals surface area (Å²) in [6, 6.07) is 20.2. The van der Waals surface area contributed by atoms with E-state index in [1.807, 2.05) is 66.7 Å². The maximum Gasteiger partial charge on any atom is 0.253 e. The molecule has 1 amide bonds. The number of hydrogen-bond donors (Lipinski definition) is 2. The van der Waals surface area contributed by atoms with Crippen molar-refractivity contribution in [2.24, 2.45) is 5.92 Å². The third kappa shape index (κ3) is 5.34. The normalized spacial score (nSPS) is 15.7.